The summed E-state index contributed by atoms with van der Waals surface area (Å²) in [5, 5.41) is 3.36. The number of carbonyl (C=O) groups is 3. The Bertz CT molecular complexity index is 808. The highest BCUT2D eigenvalue weighted by Gasteiger charge is 2.49. The number of imide groups is 1. The Morgan fingerprint density at radius 3 is 2.33 bits per heavy atom. The fourth-order valence-corrected chi connectivity index (χ4v) is 2.83. The summed E-state index contributed by atoms with van der Waals surface area (Å²) < 4.78 is 0.982. The van der Waals surface area contributed by atoms with Gasteiger partial charge in [-0.1, -0.05) is 30.3 Å². The lowest BCUT2D eigenvalue weighted by atomic mass is 9.92. The van der Waals surface area contributed by atoms with E-state index in [9.17, 15) is 14.4 Å². The SMILES string of the molecule is CC1(c2ccccc2)NC(=O)N(NC(=O)c2ccc(I)cc2)C1=O. The maximum atomic E-state index is 12.7. The van der Waals surface area contributed by atoms with Crippen LogP contribution in [-0.4, -0.2) is 22.9 Å². The van der Waals surface area contributed by atoms with Crippen LogP contribution in [-0.2, 0) is 10.3 Å². The van der Waals surface area contributed by atoms with Gasteiger partial charge in [0.1, 0.15) is 5.54 Å². The van der Waals surface area contributed by atoms with Crippen LogP contribution in [0.4, 0.5) is 4.79 Å². The second-order valence-electron chi connectivity index (χ2n) is 5.51. The van der Waals surface area contributed by atoms with E-state index in [0.717, 1.165) is 8.58 Å². The summed E-state index contributed by atoms with van der Waals surface area (Å²) >= 11 is 2.13. The van der Waals surface area contributed by atoms with Gasteiger partial charge in [-0.15, -0.1) is 0 Å². The maximum absolute atomic E-state index is 12.7. The molecule has 1 saturated heterocycles. The van der Waals surface area contributed by atoms with Crippen molar-refractivity contribution in [2.45, 2.75) is 12.5 Å². The molecule has 0 bridgehead atoms. The van der Waals surface area contributed by atoms with Crippen LogP contribution in [0.1, 0.15) is 22.8 Å². The van der Waals surface area contributed by atoms with Gasteiger partial charge in [0.05, 0.1) is 0 Å². The summed E-state index contributed by atoms with van der Waals surface area (Å²) in [5.74, 6) is -1.05. The van der Waals surface area contributed by atoms with E-state index < -0.39 is 23.4 Å². The van der Waals surface area contributed by atoms with Gasteiger partial charge >= 0.3 is 6.03 Å². The monoisotopic (exact) mass is 435 g/mol. The van der Waals surface area contributed by atoms with E-state index in [1.54, 1.807) is 55.5 Å². The van der Waals surface area contributed by atoms with Gasteiger partial charge in [-0.2, -0.15) is 5.01 Å². The first-order valence-electron chi connectivity index (χ1n) is 7.20. The van der Waals surface area contributed by atoms with Gasteiger partial charge in [-0.05, 0) is 59.3 Å². The van der Waals surface area contributed by atoms with Crippen molar-refractivity contribution >= 4 is 40.4 Å². The van der Waals surface area contributed by atoms with Crippen LogP contribution in [0.15, 0.2) is 54.6 Å². The Hall–Kier alpha value is -2.42. The molecule has 1 fully saturated rings. The van der Waals surface area contributed by atoms with Crippen LogP contribution in [0.2, 0.25) is 0 Å². The van der Waals surface area contributed by atoms with Gasteiger partial charge in [-0.25, -0.2) is 4.79 Å². The number of nitrogens with zero attached hydrogens (tertiary/aromatic N) is 1. The molecule has 0 spiro atoms. The Morgan fingerprint density at radius 1 is 1.08 bits per heavy atom. The summed E-state index contributed by atoms with van der Waals surface area (Å²) in [6, 6.07) is 15.0. The number of urea groups is 1. The predicted octanol–water partition coefficient (Wildman–Crippen LogP) is 2.40. The first-order valence-corrected chi connectivity index (χ1v) is 8.28. The van der Waals surface area contributed by atoms with Crippen LogP contribution >= 0.6 is 22.6 Å². The van der Waals surface area contributed by atoms with E-state index in [1.807, 2.05) is 6.07 Å². The second-order valence-corrected chi connectivity index (χ2v) is 6.76. The first kappa shape index (κ1) is 16.4. The zero-order valence-corrected chi connectivity index (χ0v) is 14.9. The van der Waals surface area contributed by atoms with Crippen LogP contribution in [0, 0.1) is 3.57 Å². The number of nitrogens with one attached hydrogen (secondary N) is 2. The van der Waals surface area contributed by atoms with Gasteiger partial charge < -0.3 is 5.32 Å². The molecule has 1 aliphatic heterocycles. The van der Waals surface area contributed by atoms with Crippen molar-refractivity contribution in [1.29, 1.82) is 0 Å². The number of benzene rings is 2. The molecule has 0 aliphatic carbocycles. The van der Waals surface area contributed by atoms with Crippen molar-refractivity contribution in [1.82, 2.24) is 15.8 Å². The molecular formula is C17H14IN3O3. The van der Waals surface area contributed by atoms with E-state index in [0.29, 0.717) is 11.1 Å². The third-order valence-electron chi connectivity index (χ3n) is 3.86. The maximum Gasteiger partial charge on any atom is 0.344 e. The first-order chi connectivity index (χ1) is 11.4. The summed E-state index contributed by atoms with van der Waals surface area (Å²) in [6.45, 7) is 1.61. The van der Waals surface area contributed by atoms with Crippen molar-refractivity contribution in [2.24, 2.45) is 0 Å². The molecule has 1 atom stereocenters. The van der Waals surface area contributed by atoms with E-state index in [1.165, 1.54) is 0 Å². The average Bonchev–Trinajstić information content (AvgIpc) is 2.80. The van der Waals surface area contributed by atoms with Crippen LogP contribution in [0.25, 0.3) is 0 Å². The van der Waals surface area contributed by atoms with E-state index in [-0.39, 0.29) is 0 Å². The smallest absolute Gasteiger partial charge is 0.318 e. The van der Waals surface area contributed by atoms with Crippen LogP contribution in [0.5, 0.6) is 0 Å². The molecule has 3 rings (SSSR count). The fraction of sp³-hybridized carbons (Fsp3) is 0.118. The summed E-state index contributed by atoms with van der Waals surface area (Å²) in [4.78, 5) is 37.1. The lowest BCUT2D eigenvalue weighted by Gasteiger charge is -2.22. The van der Waals surface area contributed by atoms with E-state index >= 15 is 0 Å². The number of rotatable bonds is 3. The molecule has 122 valence electrons. The predicted molar refractivity (Wildman–Crippen MR) is 95.8 cm³/mol. The molecule has 2 aromatic rings. The van der Waals surface area contributed by atoms with Crippen LogP contribution < -0.4 is 10.7 Å². The molecule has 4 amide bonds. The molecule has 2 N–H and O–H groups in total. The number of carbonyl (C=O) groups excluding carboxylic acids is 3. The molecule has 0 aromatic heterocycles. The van der Waals surface area contributed by atoms with Crippen molar-refractivity contribution in [2.75, 3.05) is 0 Å². The molecule has 1 unspecified atom stereocenters. The third kappa shape index (κ3) is 2.86. The highest BCUT2D eigenvalue weighted by molar-refractivity contribution is 14.1. The van der Waals surface area contributed by atoms with Gasteiger partial charge in [0.2, 0.25) is 0 Å². The molecule has 7 heteroatoms. The van der Waals surface area contributed by atoms with Gasteiger partial charge in [0, 0.05) is 9.13 Å². The molecule has 24 heavy (non-hydrogen) atoms. The third-order valence-corrected chi connectivity index (χ3v) is 4.58. The number of hydrazine groups is 1. The summed E-state index contributed by atoms with van der Waals surface area (Å²) in [5.41, 5.74) is 2.17. The molecular weight excluding hydrogens is 421 g/mol. The summed E-state index contributed by atoms with van der Waals surface area (Å²) in [7, 11) is 0. The van der Waals surface area contributed by atoms with Gasteiger partial charge in [0.25, 0.3) is 11.8 Å². The Morgan fingerprint density at radius 2 is 1.71 bits per heavy atom. The van der Waals surface area contributed by atoms with Crippen LogP contribution in [0.3, 0.4) is 0 Å². The minimum atomic E-state index is -1.21. The molecule has 0 saturated carbocycles. The van der Waals surface area contributed by atoms with Gasteiger partial charge in [-0.3, -0.25) is 15.0 Å². The number of amides is 4. The molecule has 2 aromatic carbocycles. The Labute approximate surface area is 152 Å². The Balaban J connectivity index is 1.82. The largest absolute Gasteiger partial charge is 0.344 e. The number of hydrogen-bond acceptors (Lipinski definition) is 3. The number of hydrogen-bond donors (Lipinski definition) is 2. The van der Waals surface area contributed by atoms with Crippen molar-refractivity contribution in [3.05, 3.63) is 69.3 Å². The van der Waals surface area contributed by atoms with Gasteiger partial charge in [0.15, 0.2) is 0 Å². The zero-order chi connectivity index (χ0) is 17.3. The zero-order valence-electron chi connectivity index (χ0n) is 12.7. The highest BCUT2D eigenvalue weighted by atomic mass is 127. The minimum absolute atomic E-state index is 0.365. The van der Waals surface area contributed by atoms with Crippen molar-refractivity contribution < 1.29 is 14.4 Å². The molecule has 6 nitrogen and oxygen atoms in total. The number of halogens is 1. The van der Waals surface area contributed by atoms with Crippen molar-refractivity contribution in [3.63, 3.8) is 0 Å². The average molecular weight is 435 g/mol. The molecule has 1 aliphatic rings. The normalized spacial score (nSPS) is 20.0. The van der Waals surface area contributed by atoms with Crippen molar-refractivity contribution in [3.8, 4) is 0 Å². The molecule has 1 heterocycles. The standard InChI is InChI=1S/C17H14IN3O3/c1-17(12-5-3-2-4-6-12)15(23)21(16(24)19-17)20-14(22)11-7-9-13(18)10-8-11/h2-10H,1H3,(H,19,24)(H,20,22). The lowest BCUT2D eigenvalue weighted by molar-refractivity contribution is -0.132. The quantitative estimate of drug-likeness (QED) is 0.575. The highest BCUT2D eigenvalue weighted by Crippen LogP contribution is 2.27. The van der Waals surface area contributed by atoms with E-state index in [2.05, 4.69) is 33.3 Å². The second kappa shape index (κ2) is 6.23. The van der Waals surface area contributed by atoms with E-state index in [4.69, 9.17) is 0 Å². The topological polar surface area (TPSA) is 78.5 Å². The summed E-state index contributed by atoms with van der Waals surface area (Å²) in [6.07, 6.45) is 0. The lowest BCUT2D eigenvalue weighted by Crippen LogP contribution is -2.47. The fourth-order valence-electron chi connectivity index (χ4n) is 2.48. The Kier molecular flexibility index (Phi) is 4.27. The molecule has 0 radical (unpaired) electrons. The minimum Gasteiger partial charge on any atom is -0.318 e.